The highest BCUT2D eigenvalue weighted by Gasteiger charge is 2.33. The Morgan fingerprint density at radius 2 is 1.75 bits per heavy atom. The number of anilines is 1. The third-order valence-corrected chi connectivity index (χ3v) is 4.70. The number of benzene rings is 1. The van der Waals surface area contributed by atoms with Gasteiger partial charge in [-0.25, -0.2) is 0 Å². The molecule has 0 spiro atoms. The van der Waals surface area contributed by atoms with Gasteiger partial charge in [-0.3, -0.25) is 14.4 Å². The lowest BCUT2D eigenvalue weighted by atomic mass is 9.89. The van der Waals surface area contributed by atoms with Crippen molar-refractivity contribution < 1.29 is 27.6 Å². The quantitative estimate of drug-likeness (QED) is 0.772. The molecule has 1 aromatic carbocycles. The summed E-state index contributed by atoms with van der Waals surface area (Å²) in [7, 11) is 1.35. The molecule has 0 aromatic heterocycles. The first-order chi connectivity index (χ1) is 13.2. The summed E-state index contributed by atoms with van der Waals surface area (Å²) in [5.41, 5.74) is -1.33. The zero-order valence-electron chi connectivity index (χ0n) is 15.6. The lowest BCUT2D eigenvalue weighted by Crippen LogP contribution is -2.43. The molecule has 0 heterocycles. The highest BCUT2D eigenvalue weighted by molar-refractivity contribution is 5.95. The minimum Gasteiger partial charge on any atom is -0.347 e. The van der Waals surface area contributed by atoms with E-state index in [2.05, 4.69) is 10.6 Å². The summed E-state index contributed by atoms with van der Waals surface area (Å²) in [4.78, 5) is 37.2. The van der Waals surface area contributed by atoms with Crippen molar-refractivity contribution >= 4 is 23.4 Å². The Balaban J connectivity index is 1.83. The number of nitrogens with zero attached hydrogens (tertiary/aromatic N) is 1. The maximum absolute atomic E-state index is 13.0. The summed E-state index contributed by atoms with van der Waals surface area (Å²) in [6, 6.07) is 4.61. The maximum Gasteiger partial charge on any atom is 0.418 e. The van der Waals surface area contributed by atoms with Crippen LogP contribution in [-0.4, -0.2) is 42.8 Å². The van der Waals surface area contributed by atoms with Gasteiger partial charge in [-0.2, -0.15) is 13.2 Å². The van der Waals surface area contributed by atoms with E-state index in [0.29, 0.717) is 0 Å². The van der Waals surface area contributed by atoms with Crippen molar-refractivity contribution in [2.45, 2.75) is 38.3 Å². The summed E-state index contributed by atoms with van der Waals surface area (Å²) < 4.78 is 38.9. The lowest BCUT2D eigenvalue weighted by Gasteiger charge is -2.22. The number of halogens is 3. The Bertz CT molecular complexity index is 716. The van der Waals surface area contributed by atoms with Gasteiger partial charge in [0.05, 0.1) is 24.3 Å². The normalized spacial score (nSPS) is 15.0. The third kappa shape index (κ3) is 6.24. The fourth-order valence-corrected chi connectivity index (χ4v) is 3.14. The number of nitrogens with one attached hydrogen (secondary N) is 2. The maximum atomic E-state index is 13.0. The van der Waals surface area contributed by atoms with Crippen LogP contribution in [0.5, 0.6) is 0 Å². The van der Waals surface area contributed by atoms with E-state index in [1.165, 1.54) is 19.2 Å². The number of carbonyl (C=O) groups excluding carboxylic acids is 3. The topological polar surface area (TPSA) is 78.5 Å². The average Bonchev–Trinajstić information content (AvgIpc) is 2.65. The number of hydrogen-bond acceptors (Lipinski definition) is 3. The summed E-state index contributed by atoms with van der Waals surface area (Å²) in [6.07, 6.45) is 0.0950. The molecular formula is C19H24F3N3O3. The van der Waals surface area contributed by atoms with Gasteiger partial charge in [-0.05, 0) is 25.0 Å². The summed E-state index contributed by atoms with van der Waals surface area (Å²) in [5.74, 6) is -1.52. The van der Waals surface area contributed by atoms with E-state index in [1.807, 2.05) is 0 Å². The van der Waals surface area contributed by atoms with Crippen LogP contribution >= 0.6 is 0 Å². The Morgan fingerprint density at radius 1 is 1.11 bits per heavy atom. The second-order valence-corrected chi connectivity index (χ2v) is 6.89. The van der Waals surface area contributed by atoms with E-state index >= 15 is 0 Å². The van der Waals surface area contributed by atoms with Crippen LogP contribution in [0.2, 0.25) is 0 Å². The van der Waals surface area contributed by atoms with Gasteiger partial charge >= 0.3 is 6.18 Å². The molecule has 0 saturated heterocycles. The van der Waals surface area contributed by atoms with Crippen LogP contribution in [0.4, 0.5) is 18.9 Å². The monoisotopic (exact) mass is 399 g/mol. The minimum atomic E-state index is -4.60. The van der Waals surface area contributed by atoms with Crippen molar-refractivity contribution in [3.8, 4) is 0 Å². The summed E-state index contributed by atoms with van der Waals surface area (Å²) in [6.45, 7) is -0.678. The molecule has 1 aliphatic carbocycles. The van der Waals surface area contributed by atoms with Crippen LogP contribution in [0.25, 0.3) is 0 Å². The van der Waals surface area contributed by atoms with Gasteiger partial charge in [0.2, 0.25) is 17.7 Å². The molecule has 3 amide bonds. The van der Waals surface area contributed by atoms with Crippen LogP contribution in [0.15, 0.2) is 24.3 Å². The van der Waals surface area contributed by atoms with Crippen molar-refractivity contribution in [1.29, 1.82) is 0 Å². The molecule has 6 nitrogen and oxygen atoms in total. The molecular weight excluding hydrogens is 375 g/mol. The first-order valence-corrected chi connectivity index (χ1v) is 9.16. The van der Waals surface area contributed by atoms with E-state index in [1.54, 1.807) is 0 Å². The molecule has 1 fully saturated rings. The molecule has 9 heteroatoms. The van der Waals surface area contributed by atoms with Gasteiger partial charge in [-0.1, -0.05) is 31.4 Å². The fraction of sp³-hybridized carbons (Fsp3) is 0.526. The number of carbonyl (C=O) groups is 3. The highest BCUT2D eigenvalue weighted by atomic mass is 19.4. The fourth-order valence-electron chi connectivity index (χ4n) is 3.14. The number of alkyl halides is 3. The summed E-state index contributed by atoms with van der Waals surface area (Å²) in [5, 5.41) is 4.75. The second-order valence-electron chi connectivity index (χ2n) is 6.89. The van der Waals surface area contributed by atoms with Crippen molar-refractivity contribution in [3.63, 3.8) is 0 Å². The molecule has 0 bridgehead atoms. The van der Waals surface area contributed by atoms with Crippen LogP contribution in [-0.2, 0) is 20.6 Å². The van der Waals surface area contributed by atoms with Crippen LogP contribution in [0.3, 0.4) is 0 Å². The van der Waals surface area contributed by atoms with Gasteiger partial charge in [0.15, 0.2) is 0 Å². The molecule has 28 heavy (non-hydrogen) atoms. The molecule has 0 atom stereocenters. The van der Waals surface area contributed by atoms with Crippen LogP contribution in [0, 0.1) is 5.92 Å². The van der Waals surface area contributed by atoms with Crippen molar-refractivity contribution in [1.82, 2.24) is 10.2 Å². The molecule has 2 rings (SSSR count). The standard InChI is InChI=1S/C19H24F3N3O3/c1-25(17(27)11-23-18(28)13-7-3-2-4-8-13)12-16(26)24-15-10-6-5-9-14(15)19(20,21)22/h5-6,9-10,13H,2-4,7-8,11-12H2,1H3,(H,23,28)(H,24,26). The molecule has 2 N–H and O–H groups in total. The van der Waals surface area contributed by atoms with E-state index in [-0.39, 0.29) is 24.1 Å². The first kappa shape index (κ1) is 21.7. The Morgan fingerprint density at radius 3 is 2.39 bits per heavy atom. The van der Waals surface area contributed by atoms with Crippen molar-refractivity contribution in [2.24, 2.45) is 5.92 Å². The largest absolute Gasteiger partial charge is 0.418 e. The van der Waals surface area contributed by atoms with Gasteiger partial charge in [-0.15, -0.1) is 0 Å². The predicted molar refractivity (Wildman–Crippen MR) is 97.3 cm³/mol. The van der Waals surface area contributed by atoms with Crippen molar-refractivity contribution in [2.75, 3.05) is 25.5 Å². The van der Waals surface area contributed by atoms with E-state index < -0.39 is 30.1 Å². The van der Waals surface area contributed by atoms with Gasteiger partial charge in [0.1, 0.15) is 0 Å². The lowest BCUT2D eigenvalue weighted by molar-refractivity contribution is -0.137. The van der Waals surface area contributed by atoms with Gasteiger partial charge < -0.3 is 15.5 Å². The molecule has 0 radical (unpaired) electrons. The number of hydrogen-bond donors (Lipinski definition) is 2. The zero-order chi connectivity index (χ0) is 20.7. The average molecular weight is 399 g/mol. The van der Waals surface area contributed by atoms with E-state index in [9.17, 15) is 27.6 Å². The molecule has 1 aliphatic rings. The van der Waals surface area contributed by atoms with Crippen LogP contribution in [0.1, 0.15) is 37.7 Å². The van der Waals surface area contributed by atoms with Crippen LogP contribution < -0.4 is 10.6 Å². The Hall–Kier alpha value is -2.58. The smallest absolute Gasteiger partial charge is 0.347 e. The summed E-state index contributed by atoms with van der Waals surface area (Å²) >= 11 is 0. The Kier molecular flexibility index (Phi) is 7.42. The SMILES string of the molecule is CN(CC(=O)Nc1ccccc1C(F)(F)F)C(=O)CNC(=O)C1CCCCC1. The van der Waals surface area contributed by atoms with Crippen molar-refractivity contribution in [3.05, 3.63) is 29.8 Å². The van der Waals surface area contributed by atoms with E-state index in [4.69, 9.17) is 0 Å². The minimum absolute atomic E-state index is 0.0889. The highest BCUT2D eigenvalue weighted by Crippen LogP contribution is 2.34. The van der Waals surface area contributed by atoms with E-state index in [0.717, 1.165) is 49.1 Å². The number of rotatable bonds is 6. The number of para-hydroxylation sites is 1. The molecule has 1 saturated carbocycles. The first-order valence-electron chi connectivity index (χ1n) is 9.16. The zero-order valence-corrected chi connectivity index (χ0v) is 15.6. The third-order valence-electron chi connectivity index (χ3n) is 4.70. The second kappa shape index (κ2) is 9.57. The molecule has 0 unspecified atom stereocenters. The van der Waals surface area contributed by atoms with Gasteiger partial charge in [0, 0.05) is 13.0 Å². The van der Waals surface area contributed by atoms with Gasteiger partial charge in [0.25, 0.3) is 0 Å². The molecule has 0 aliphatic heterocycles. The number of amides is 3. The molecule has 1 aromatic rings. The number of likely N-dealkylation sites (N-methyl/N-ethyl adjacent to an activating group) is 1. The molecule has 154 valence electrons. The predicted octanol–water partition coefficient (Wildman–Crippen LogP) is 2.80. The Labute approximate surface area is 161 Å².